The van der Waals surface area contributed by atoms with Gasteiger partial charge in [0.05, 0.1) is 0 Å². The van der Waals surface area contributed by atoms with Crippen LogP contribution in [0.4, 0.5) is 0 Å². The molecule has 3 heterocycles. The van der Waals surface area contributed by atoms with E-state index >= 15 is 0 Å². The first kappa shape index (κ1) is 22.0. The molecule has 0 N–H and O–H groups in total. The van der Waals surface area contributed by atoms with Gasteiger partial charge in [-0.15, -0.1) is 0 Å². The lowest BCUT2D eigenvalue weighted by molar-refractivity contribution is 0.665. The van der Waals surface area contributed by atoms with Crippen molar-refractivity contribution in [3.05, 3.63) is 114 Å². The zero-order valence-corrected chi connectivity index (χ0v) is 21.2. The Labute approximate surface area is 227 Å². The van der Waals surface area contributed by atoms with Crippen LogP contribution >= 0.6 is 11.6 Å². The van der Waals surface area contributed by atoms with Crippen LogP contribution in [0, 0.1) is 0 Å². The number of aromatic nitrogens is 3. The molecule has 39 heavy (non-hydrogen) atoms. The van der Waals surface area contributed by atoms with E-state index < -0.39 is 0 Å². The zero-order valence-electron chi connectivity index (χ0n) is 20.4. The zero-order chi connectivity index (χ0) is 25.9. The first-order valence-electron chi connectivity index (χ1n) is 12.6. The molecule has 5 aromatic carbocycles. The van der Waals surface area contributed by atoms with Crippen LogP contribution in [-0.4, -0.2) is 15.0 Å². The van der Waals surface area contributed by atoms with E-state index in [9.17, 15) is 0 Å². The molecule has 0 spiro atoms. The highest BCUT2D eigenvalue weighted by molar-refractivity contribution is 6.28. The van der Waals surface area contributed by atoms with Crippen LogP contribution in [0.25, 0.3) is 77.8 Å². The van der Waals surface area contributed by atoms with Gasteiger partial charge in [0.25, 0.3) is 0 Å². The van der Waals surface area contributed by atoms with Gasteiger partial charge in [-0.1, -0.05) is 97.1 Å². The number of fused-ring (bicyclic) bond motifs is 6. The van der Waals surface area contributed by atoms with Gasteiger partial charge in [-0.05, 0) is 23.7 Å². The summed E-state index contributed by atoms with van der Waals surface area (Å²) < 4.78 is 12.9. The summed E-state index contributed by atoms with van der Waals surface area (Å²) in [5, 5.41) is 4.19. The summed E-state index contributed by atoms with van der Waals surface area (Å²) in [6, 6.07) is 36.2. The third kappa shape index (κ3) is 3.44. The van der Waals surface area contributed by atoms with E-state index in [1.165, 1.54) is 0 Å². The minimum absolute atomic E-state index is 0.140. The number of rotatable bonds is 3. The van der Waals surface area contributed by atoms with E-state index in [0.717, 1.165) is 66.1 Å². The van der Waals surface area contributed by atoms with Gasteiger partial charge < -0.3 is 8.83 Å². The molecule has 0 aliphatic rings. The van der Waals surface area contributed by atoms with Crippen LogP contribution in [0.3, 0.4) is 0 Å². The van der Waals surface area contributed by atoms with Gasteiger partial charge >= 0.3 is 0 Å². The summed E-state index contributed by atoms with van der Waals surface area (Å²) in [6.45, 7) is 0. The molecule has 8 rings (SSSR count). The van der Waals surface area contributed by atoms with Crippen LogP contribution in [-0.2, 0) is 0 Å². The standard InChI is InChI=1S/C33H18ClN3O2/c34-33-36-31(19-9-2-1-3-10-19)35-32(37-33)25-16-8-18-27-28(25)24-15-7-14-23(30(24)39-27)22-13-6-12-21-20-11-4-5-17-26(20)38-29(21)22/h1-18H. The van der Waals surface area contributed by atoms with Crippen LogP contribution in [0.2, 0.25) is 5.28 Å². The fourth-order valence-corrected chi connectivity index (χ4v) is 5.55. The summed E-state index contributed by atoms with van der Waals surface area (Å²) in [5.41, 5.74) is 6.84. The highest BCUT2D eigenvalue weighted by Gasteiger charge is 2.20. The van der Waals surface area contributed by atoms with Crippen molar-refractivity contribution in [3.63, 3.8) is 0 Å². The molecule has 0 atom stereocenters. The molecule has 3 aromatic heterocycles. The van der Waals surface area contributed by atoms with Crippen LogP contribution in [0.5, 0.6) is 0 Å². The van der Waals surface area contributed by atoms with Crippen molar-refractivity contribution in [2.45, 2.75) is 0 Å². The fraction of sp³-hybridized carbons (Fsp3) is 0. The van der Waals surface area contributed by atoms with Gasteiger partial charge in [0.2, 0.25) is 5.28 Å². The van der Waals surface area contributed by atoms with Gasteiger partial charge in [-0.25, -0.2) is 4.98 Å². The van der Waals surface area contributed by atoms with Crippen molar-refractivity contribution in [2.24, 2.45) is 0 Å². The van der Waals surface area contributed by atoms with Crippen molar-refractivity contribution >= 4 is 55.5 Å². The second-order valence-corrected chi connectivity index (χ2v) is 9.70. The molecule has 0 aliphatic heterocycles. The fourth-order valence-electron chi connectivity index (χ4n) is 5.39. The van der Waals surface area contributed by atoms with Crippen LogP contribution in [0.1, 0.15) is 0 Å². The molecule has 0 amide bonds. The third-order valence-electron chi connectivity index (χ3n) is 7.10. The van der Waals surface area contributed by atoms with Crippen molar-refractivity contribution < 1.29 is 8.83 Å². The van der Waals surface area contributed by atoms with Gasteiger partial charge in [-0.3, -0.25) is 0 Å². The van der Waals surface area contributed by atoms with E-state index in [4.69, 9.17) is 25.4 Å². The van der Waals surface area contributed by atoms with Crippen molar-refractivity contribution in [3.8, 4) is 33.9 Å². The maximum absolute atomic E-state index is 6.52. The van der Waals surface area contributed by atoms with Crippen molar-refractivity contribution in [1.82, 2.24) is 15.0 Å². The smallest absolute Gasteiger partial charge is 0.226 e. The normalized spacial score (nSPS) is 11.7. The van der Waals surface area contributed by atoms with E-state index in [-0.39, 0.29) is 5.28 Å². The molecule has 6 heteroatoms. The topological polar surface area (TPSA) is 65.0 Å². The lowest BCUT2D eigenvalue weighted by Gasteiger charge is -2.06. The summed E-state index contributed by atoms with van der Waals surface area (Å²) in [7, 11) is 0. The number of hydrogen-bond donors (Lipinski definition) is 0. The van der Waals surface area contributed by atoms with Crippen molar-refractivity contribution in [2.75, 3.05) is 0 Å². The van der Waals surface area contributed by atoms with Crippen LogP contribution < -0.4 is 0 Å². The molecule has 184 valence electrons. The quantitative estimate of drug-likeness (QED) is 0.231. The van der Waals surface area contributed by atoms with Crippen molar-refractivity contribution in [1.29, 1.82) is 0 Å². The lowest BCUT2D eigenvalue weighted by Crippen LogP contribution is -1.97. The second kappa shape index (κ2) is 8.51. The average molecular weight is 524 g/mol. The molecule has 0 unspecified atom stereocenters. The van der Waals surface area contributed by atoms with E-state index in [1.807, 2.05) is 72.8 Å². The minimum atomic E-state index is 0.140. The number of halogens is 1. The molecule has 0 aliphatic carbocycles. The summed E-state index contributed by atoms with van der Waals surface area (Å²) in [4.78, 5) is 13.7. The summed E-state index contributed by atoms with van der Waals surface area (Å²) in [6.07, 6.45) is 0. The number of nitrogens with zero attached hydrogens (tertiary/aromatic N) is 3. The molecule has 0 saturated heterocycles. The number of benzene rings is 5. The Morgan fingerprint density at radius 2 is 1.05 bits per heavy atom. The predicted octanol–water partition coefficient (Wildman–Crippen LogP) is 9.32. The van der Waals surface area contributed by atoms with Gasteiger partial charge in [0.1, 0.15) is 22.3 Å². The Morgan fingerprint density at radius 3 is 1.90 bits per heavy atom. The molecule has 0 bridgehead atoms. The van der Waals surface area contributed by atoms with E-state index in [0.29, 0.717) is 11.6 Å². The third-order valence-corrected chi connectivity index (χ3v) is 7.27. The first-order chi connectivity index (χ1) is 19.2. The van der Waals surface area contributed by atoms with Crippen LogP contribution in [0.15, 0.2) is 118 Å². The molecule has 0 saturated carbocycles. The molecule has 8 aromatic rings. The summed E-state index contributed by atoms with van der Waals surface area (Å²) in [5.74, 6) is 1.01. The average Bonchev–Trinajstić information content (AvgIpc) is 3.56. The Balaban J connectivity index is 1.38. The molecular weight excluding hydrogens is 506 g/mol. The Kier molecular flexibility index (Phi) is 4.81. The second-order valence-electron chi connectivity index (χ2n) is 9.36. The highest BCUT2D eigenvalue weighted by Crippen LogP contribution is 2.43. The molecule has 0 radical (unpaired) electrons. The number of furan rings is 2. The van der Waals surface area contributed by atoms with E-state index in [2.05, 4.69) is 46.4 Å². The number of hydrogen-bond acceptors (Lipinski definition) is 5. The largest absolute Gasteiger partial charge is 0.455 e. The Hall–Kier alpha value is -5.00. The molecule has 0 fully saturated rings. The minimum Gasteiger partial charge on any atom is -0.455 e. The SMILES string of the molecule is Clc1nc(-c2ccccc2)nc(-c2cccc3oc4c(-c5cccc6c5oc5ccccc56)cccc4c23)n1. The first-order valence-corrected chi connectivity index (χ1v) is 12.9. The van der Waals surface area contributed by atoms with E-state index in [1.54, 1.807) is 0 Å². The van der Waals surface area contributed by atoms with Gasteiger partial charge in [-0.2, -0.15) is 9.97 Å². The highest BCUT2D eigenvalue weighted by atomic mass is 35.5. The van der Waals surface area contributed by atoms with Gasteiger partial charge in [0.15, 0.2) is 11.6 Å². The number of para-hydroxylation sites is 3. The molecule has 5 nitrogen and oxygen atoms in total. The predicted molar refractivity (Wildman–Crippen MR) is 156 cm³/mol. The maximum atomic E-state index is 6.52. The Bertz CT molecular complexity index is 2200. The maximum Gasteiger partial charge on any atom is 0.226 e. The Morgan fingerprint density at radius 1 is 0.462 bits per heavy atom. The van der Waals surface area contributed by atoms with Gasteiger partial charge in [0, 0.05) is 43.8 Å². The molecular formula is C33H18ClN3O2. The monoisotopic (exact) mass is 523 g/mol. The lowest BCUT2D eigenvalue weighted by atomic mass is 9.99. The summed E-state index contributed by atoms with van der Waals surface area (Å²) >= 11 is 6.39.